The van der Waals surface area contributed by atoms with Gasteiger partial charge in [-0.1, -0.05) is 5.04 Å². The number of azo groups is 2. The Bertz CT molecular complexity index is 2130. The summed E-state index contributed by atoms with van der Waals surface area (Å²) in [4.78, 5) is 16.3. The van der Waals surface area contributed by atoms with Gasteiger partial charge in [0.05, 0.1) is 53.6 Å². The Morgan fingerprint density at radius 3 is 2.18 bits per heavy atom. The number of phenolic OH excluding ortho intramolecular Hbond substituents is 1. The number of nitrogen functional groups attached to an aromatic ring is 1. The fraction of sp³-hybridized carbons (Fsp3) is 0.0800. The minimum absolute atomic E-state index is 0.0240. The molecular formula is C25H21N7O10S2. The van der Waals surface area contributed by atoms with Gasteiger partial charge in [-0.15, -0.1) is 19.7 Å². The molecule has 1 heterocycles. The summed E-state index contributed by atoms with van der Waals surface area (Å²) in [7, 11) is -1.89. The maximum atomic E-state index is 11.7. The van der Waals surface area contributed by atoms with Crippen molar-refractivity contribution in [3.63, 3.8) is 0 Å². The zero-order valence-corrected chi connectivity index (χ0v) is 24.1. The highest BCUT2D eigenvalue weighted by atomic mass is 32.2. The summed E-state index contributed by atoms with van der Waals surface area (Å²) < 4.78 is 48.3. The number of nitrogens with one attached hydrogen (secondary N) is 2. The number of H-pyrrole nitrogens is 2. The first-order valence-electron chi connectivity index (χ1n) is 12.1. The van der Waals surface area contributed by atoms with E-state index in [9.17, 15) is 22.9 Å². The first kappa shape index (κ1) is 30.4. The second-order valence-corrected chi connectivity index (χ2v) is 10.9. The second kappa shape index (κ2) is 12.3. The number of fused-ring (bicyclic) bond motifs is 2. The highest BCUT2D eigenvalue weighted by molar-refractivity contribution is 7.94. The summed E-state index contributed by atoms with van der Waals surface area (Å²) in [6, 6.07) is 11.4. The summed E-state index contributed by atoms with van der Waals surface area (Å²) in [6.07, 6.45) is 0. The predicted molar refractivity (Wildman–Crippen MR) is 157 cm³/mol. The highest BCUT2D eigenvalue weighted by Gasteiger charge is 2.21. The molecule has 0 aliphatic carbocycles. The van der Waals surface area contributed by atoms with E-state index in [1.54, 1.807) is 18.2 Å². The lowest BCUT2D eigenvalue weighted by Gasteiger charge is -2.12. The van der Waals surface area contributed by atoms with Crippen LogP contribution in [0.4, 0.5) is 28.4 Å². The summed E-state index contributed by atoms with van der Waals surface area (Å²) in [6.45, 7) is 0. The lowest BCUT2D eigenvalue weighted by atomic mass is 10.1. The average molecular weight is 644 g/mol. The summed E-state index contributed by atoms with van der Waals surface area (Å²) in [5.74, 6) is -0.0548. The van der Waals surface area contributed by atoms with Crippen molar-refractivity contribution in [1.82, 2.24) is 9.97 Å². The fourth-order valence-corrected chi connectivity index (χ4v) is 5.27. The molecule has 0 saturated carbocycles. The molecule has 0 spiro atoms. The van der Waals surface area contributed by atoms with Gasteiger partial charge in [0.15, 0.2) is 5.75 Å². The van der Waals surface area contributed by atoms with Gasteiger partial charge in [0.1, 0.15) is 33.5 Å². The van der Waals surface area contributed by atoms with Crippen LogP contribution < -0.4 is 20.9 Å². The minimum atomic E-state index is -4.68. The summed E-state index contributed by atoms with van der Waals surface area (Å²) >= 11 is 0.421. The van der Waals surface area contributed by atoms with Crippen LogP contribution in [0.15, 0.2) is 83.6 Å². The quantitative estimate of drug-likeness (QED) is 0.0263. The molecule has 0 bridgehead atoms. The van der Waals surface area contributed by atoms with Crippen LogP contribution in [0.5, 0.6) is 17.2 Å². The molecule has 0 fully saturated rings. The van der Waals surface area contributed by atoms with Gasteiger partial charge < -0.3 is 30.3 Å². The van der Waals surface area contributed by atoms with Crippen molar-refractivity contribution in [1.29, 1.82) is 0 Å². The molecule has 0 atom stereocenters. The number of ether oxygens (including phenoxy) is 2. The van der Waals surface area contributed by atoms with Crippen molar-refractivity contribution in [2.75, 3.05) is 20.0 Å². The molecule has 228 valence electrons. The number of hydrogen-bond donors (Lipinski definition) is 6. The first-order chi connectivity index (χ1) is 21.0. The zero-order valence-electron chi connectivity index (χ0n) is 22.5. The molecule has 17 nitrogen and oxygen atoms in total. The largest absolute Gasteiger partial charge is 0.505 e. The molecule has 44 heavy (non-hydrogen) atoms. The van der Waals surface area contributed by atoms with E-state index in [2.05, 4.69) is 39.8 Å². The van der Waals surface area contributed by atoms with Gasteiger partial charge in [-0.3, -0.25) is 4.55 Å². The molecule has 0 amide bonds. The van der Waals surface area contributed by atoms with Crippen molar-refractivity contribution in [3.8, 4) is 17.2 Å². The minimum Gasteiger partial charge on any atom is -0.505 e. The number of methoxy groups -OCH3 is 2. The number of benzene rings is 4. The van der Waals surface area contributed by atoms with E-state index in [0.717, 1.165) is 12.1 Å². The SMILES string of the molecule is COc1cc(/N=N/c2c(SOOO)cc3cc(S(=O)(=O)O)c(N)cc3c2O)c(OC)cc1/N=N/c1ccc2[nH]c(=O)[nH]c2c1. The van der Waals surface area contributed by atoms with E-state index in [4.69, 9.17) is 20.5 Å². The van der Waals surface area contributed by atoms with Crippen molar-refractivity contribution < 1.29 is 42.2 Å². The van der Waals surface area contributed by atoms with Crippen molar-refractivity contribution in [2.24, 2.45) is 20.5 Å². The smallest absolute Gasteiger partial charge is 0.323 e. The van der Waals surface area contributed by atoms with E-state index in [0.29, 0.717) is 28.8 Å². The van der Waals surface area contributed by atoms with E-state index in [-0.39, 0.29) is 55.6 Å². The van der Waals surface area contributed by atoms with E-state index < -0.39 is 20.8 Å². The molecule has 5 rings (SSSR count). The van der Waals surface area contributed by atoms with Crippen LogP contribution >= 0.6 is 12.0 Å². The number of phenols is 1. The molecule has 5 aromatic rings. The van der Waals surface area contributed by atoms with Crippen molar-refractivity contribution in [2.45, 2.75) is 9.79 Å². The molecule has 0 radical (unpaired) electrons. The summed E-state index contributed by atoms with van der Waals surface area (Å²) in [5, 5.41) is 40.3. The van der Waals surface area contributed by atoms with Crippen LogP contribution in [0.2, 0.25) is 0 Å². The van der Waals surface area contributed by atoms with Gasteiger partial charge in [0.25, 0.3) is 10.1 Å². The number of aromatic nitrogens is 2. The van der Waals surface area contributed by atoms with Gasteiger partial charge in [0, 0.05) is 17.5 Å². The fourth-order valence-electron chi connectivity index (χ4n) is 4.15. The van der Waals surface area contributed by atoms with Crippen molar-refractivity contribution in [3.05, 3.63) is 59.0 Å². The van der Waals surface area contributed by atoms with E-state index in [1.165, 1.54) is 32.4 Å². The van der Waals surface area contributed by atoms with Crippen LogP contribution in [0.3, 0.4) is 0 Å². The van der Waals surface area contributed by atoms with Gasteiger partial charge in [-0.25, -0.2) is 10.1 Å². The van der Waals surface area contributed by atoms with E-state index >= 15 is 0 Å². The molecule has 7 N–H and O–H groups in total. The Hall–Kier alpha value is -5.05. The maximum Gasteiger partial charge on any atom is 0.323 e. The average Bonchev–Trinajstić information content (AvgIpc) is 3.37. The van der Waals surface area contributed by atoms with Gasteiger partial charge >= 0.3 is 5.69 Å². The van der Waals surface area contributed by atoms with E-state index in [1.807, 2.05) is 0 Å². The molecule has 4 aromatic carbocycles. The van der Waals surface area contributed by atoms with Gasteiger partial charge in [0.2, 0.25) is 0 Å². The molecule has 0 unspecified atom stereocenters. The molecular weight excluding hydrogens is 622 g/mol. The standard InChI is InChI=1S/C25H21N7O10S2/c1-39-19-10-18(20(40-2)9-17(19)30-29-12-3-4-15-16(7-12)28-25(34)27-15)31-32-23-21(43-42-41-35)5-11-6-22(44(36,37)38)14(26)8-13(11)24(23)33/h3-10,33,35H,26H2,1-2H3,(H2,27,28,34)(H,36,37,38)/b30-29+,32-31+. The van der Waals surface area contributed by atoms with Gasteiger partial charge in [-0.05, 0) is 41.8 Å². The van der Waals surface area contributed by atoms with Crippen LogP contribution in [0.1, 0.15) is 0 Å². The molecule has 19 heteroatoms. The monoisotopic (exact) mass is 643 g/mol. The number of aromatic amines is 2. The Balaban J connectivity index is 1.55. The molecule has 1 aromatic heterocycles. The third-order valence-corrected chi connectivity index (χ3v) is 7.65. The first-order valence-corrected chi connectivity index (χ1v) is 14.2. The third kappa shape index (κ3) is 6.17. The van der Waals surface area contributed by atoms with Crippen LogP contribution in [-0.2, 0) is 19.5 Å². The number of imidazole rings is 1. The molecule has 0 saturated heterocycles. The highest BCUT2D eigenvalue weighted by Crippen LogP contribution is 2.47. The topological polar surface area (TPSA) is 256 Å². The maximum absolute atomic E-state index is 11.7. The number of rotatable bonds is 10. The Labute approximate surface area is 250 Å². The number of aromatic hydroxyl groups is 1. The lowest BCUT2D eigenvalue weighted by molar-refractivity contribution is -0.432. The Kier molecular flexibility index (Phi) is 8.49. The summed E-state index contributed by atoms with van der Waals surface area (Å²) in [5.41, 5.74) is 6.98. The lowest BCUT2D eigenvalue weighted by Crippen LogP contribution is -2.03. The Morgan fingerprint density at radius 2 is 1.55 bits per heavy atom. The van der Waals surface area contributed by atoms with Crippen molar-refractivity contribution >= 4 is 72.4 Å². The number of anilines is 1. The van der Waals surface area contributed by atoms with Crippen LogP contribution in [0, 0.1) is 0 Å². The third-order valence-electron chi connectivity index (χ3n) is 6.12. The second-order valence-electron chi connectivity index (χ2n) is 8.79. The Morgan fingerprint density at radius 1 is 0.886 bits per heavy atom. The molecule has 0 aliphatic heterocycles. The zero-order chi connectivity index (χ0) is 31.6. The van der Waals surface area contributed by atoms with Crippen LogP contribution in [0.25, 0.3) is 21.8 Å². The van der Waals surface area contributed by atoms with Gasteiger partial charge in [-0.2, -0.15) is 13.5 Å². The number of nitrogens with zero attached hydrogens (tertiary/aromatic N) is 4. The number of hydrogen-bond acceptors (Lipinski definition) is 15. The van der Waals surface area contributed by atoms with Crippen LogP contribution in [-0.4, -0.2) is 47.5 Å². The predicted octanol–water partition coefficient (Wildman–Crippen LogP) is 5.82. The normalized spacial score (nSPS) is 12.2. The molecule has 0 aliphatic rings. The number of nitrogens with two attached hydrogens (primary N) is 1.